The summed E-state index contributed by atoms with van der Waals surface area (Å²) in [5.41, 5.74) is 0. The van der Waals surface area contributed by atoms with Crippen molar-refractivity contribution in [3.05, 3.63) is 0 Å². The van der Waals surface area contributed by atoms with Crippen LogP contribution in [0.5, 0.6) is 0 Å². The zero-order chi connectivity index (χ0) is 13.6. The van der Waals surface area contributed by atoms with Crippen LogP contribution in [0.2, 0.25) is 0 Å². The predicted octanol–water partition coefficient (Wildman–Crippen LogP) is 2.13. The van der Waals surface area contributed by atoms with E-state index in [-0.39, 0.29) is 30.4 Å². The van der Waals surface area contributed by atoms with E-state index in [9.17, 15) is 8.42 Å². The van der Waals surface area contributed by atoms with Crippen LogP contribution in [-0.2, 0) is 14.8 Å². The van der Waals surface area contributed by atoms with Crippen LogP contribution in [-0.4, -0.2) is 38.8 Å². The number of sulfonamides is 1. The summed E-state index contributed by atoms with van der Waals surface area (Å²) in [4.78, 5) is 0. The Kier molecular flexibility index (Phi) is 6.92. The van der Waals surface area contributed by atoms with Crippen LogP contribution in [0, 0.1) is 5.92 Å². The molecule has 0 aliphatic heterocycles. The van der Waals surface area contributed by atoms with Gasteiger partial charge in [0, 0.05) is 11.9 Å². The maximum atomic E-state index is 11.9. The van der Waals surface area contributed by atoms with E-state index in [0.29, 0.717) is 5.88 Å². The molecule has 0 aromatic heterocycles. The monoisotopic (exact) mass is 297 g/mol. The molecule has 0 aromatic rings. The van der Waals surface area contributed by atoms with E-state index in [1.54, 1.807) is 0 Å². The molecule has 18 heavy (non-hydrogen) atoms. The van der Waals surface area contributed by atoms with Crippen LogP contribution in [0.4, 0.5) is 0 Å². The SMILES string of the molecule is CC(C)OCCS(=O)(=O)NC1CCCCC1CCl. The Morgan fingerprint density at radius 2 is 2.00 bits per heavy atom. The lowest BCUT2D eigenvalue weighted by Crippen LogP contribution is -2.44. The summed E-state index contributed by atoms with van der Waals surface area (Å²) >= 11 is 5.89. The van der Waals surface area contributed by atoms with E-state index in [0.717, 1.165) is 25.7 Å². The molecule has 1 rings (SSSR count). The average molecular weight is 298 g/mol. The summed E-state index contributed by atoms with van der Waals surface area (Å²) in [6.45, 7) is 4.03. The molecule has 1 fully saturated rings. The van der Waals surface area contributed by atoms with Gasteiger partial charge in [-0.15, -0.1) is 11.6 Å². The van der Waals surface area contributed by atoms with Crippen molar-refractivity contribution < 1.29 is 13.2 Å². The third-order valence-corrected chi connectivity index (χ3v) is 5.00. The van der Waals surface area contributed by atoms with Gasteiger partial charge in [0.2, 0.25) is 10.0 Å². The minimum absolute atomic E-state index is 0.000278. The lowest BCUT2D eigenvalue weighted by molar-refractivity contribution is 0.0910. The number of alkyl halides is 1. The zero-order valence-electron chi connectivity index (χ0n) is 11.2. The van der Waals surface area contributed by atoms with Gasteiger partial charge >= 0.3 is 0 Å². The van der Waals surface area contributed by atoms with Gasteiger partial charge in [-0.1, -0.05) is 12.8 Å². The Morgan fingerprint density at radius 3 is 2.61 bits per heavy atom. The molecule has 6 heteroatoms. The first kappa shape index (κ1) is 16.2. The Bertz CT molecular complexity index is 332. The van der Waals surface area contributed by atoms with E-state index in [1.165, 1.54) is 0 Å². The lowest BCUT2D eigenvalue weighted by Gasteiger charge is -2.30. The molecule has 4 nitrogen and oxygen atoms in total. The van der Waals surface area contributed by atoms with Crippen LogP contribution in [0.3, 0.4) is 0 Å². The standard InChI is InChI=1S/C12H24ClNO3S/c1-10(2)17-7-8-18(15,16)14-12-6-4-3-5-11(12)9-13/h10-12,14H,3-9H2,1-2H3. The summed E-state index contributed by atoms with van der Waals surface area (Å²) in [6.07, 6.45) is 4.18. The molecule has 2 unspecified atom stereocenters. The molecule has 1 N–H and O–H groups in total. The second-order valence-corrected chi connectivity index (χ2v) is 7.34. The molecule has 2 atom stereocenters. The molecule has 1 aliphatic rings. The zero-order valence-corrected chi connectivity index (χ0v) is 12.8. The molecule has 0 bridgehead atoms. The van der Waals surface area contributed by atoms with Crippen molar-refractivity contribution in [1.29, 1.82) is 0 Å². The van der Waals surface area contributed by atoms with Crippen molar-refractivity contribution in [2.24, 2.45) is 5.92 Å². The van der Waals surface area contributed by atoms with Crippen molar-refractivity contribution >= 4 is 21.6 Å². The third kappa shape index (κ3) is 5.87. The van der Waals surface area contributed by atoms with Crippen molar-refractivity contribution in [2.45, 2.75) is 51.7 Å². The highest BCUT2D eigenvalue weighted by Crippen LogP contribution is 2.25. The quantitative estimate of drug-likeness (QED) is 0.733. The second-order valence-electron chi connectivity index (χ2n) is 5.16. The van der Waals surface area contributed by atoms with Gasteiger partial charge in [0.05, 0.1) is 18.5 Å². The fourth-order valence-corrected chi connectivity index (χ4v) is 3.81. The summed E-state index contributed by atoms with van der Waals surface area (Å²) < 4.78 is 31.9. The third-order valence-electron chi connectivity index (χ3n) is 3.24. The number of hydrogen-bond acceptors (Lipinski definition) is 3. The summed E-state index contributed by atoms with van der Waals surface area (Å²) in [6, 6.07) is 0.000278. The van der Waals surface area contributed by atoms with Crippen LogP contribution >= 0.6 is 11.6 Å². The van der Waals surface area contributed by atoms with E-state index in [4.69, 9.17) is 16.3 Å². The van der Waals surface area contributed by atoms with Crippen molar-refractivity contribution in [3.8, 4) is 0 Å². The van der Waals surface area contributed by atoms with Gasteiger partial charge in [-0.05, 0) is 32.6 Å². The van der Waals surface area contributed by atoms with Gasteiger partial charge in [-0.25, -0.2) is 13.1 Å². The second kappa shape index (κ2) is 7.68. The molecule has 1 saturated carbocycles. The highest BCUT2D eigenvalue weighted by molar-refractivity contribution is 7.89. The number of halogens is 1. The summed E-state index contributed by atoms with van der Waals surface area (Å²) in [7, 11) is -3.25. The van der Waals surface area contributed by atoms with Crippen LogP contribution in [0.15, 0.2) is 0 Å². The number of hydrogen-bond donors (Lipinski definition) is 1. The maximum absolute atomic E-state index is 11.9. The predicted molar refractivity (Wildman–Crippen MR) is 74.5 cm³/mol. The highest BCUT2D eigenvalue weighted by atomic mass is 35.5. The van der Waals surface area contributed by atoms with Crippen LogP contribution in [0.25, 0.3) is 0 Å². The minimum Gasteiger partial charge on any atom is -0.378 e. The molecule has 1 aliphatic carbocycles. The minimum atomic E-state index is -3.25. The molecule has 0 saturated heterocycles. The maximum Gasteiger partial charge on any atom is 0.214 e. The molecular formula is C12H24ClNO3S. The van der Waals surface area contributed by atoms with Crippen LogP contribution in [0.1, 0.15) is 39.5 Å². The number of ether oxygens (including phenoxy) is 1. The molecule has 0 radical (unpaired) electrons. The van der Waals surface area contributed by atoms with E-state index in [2.05, 4.69) is 4.72 Å². The average Bonchev–Trinajstić information content (AvgIpc) is 2.28. The Balaban J connectivity index is 2.43. The first-order valence-electron chi connectivity index (χ1n) is 6.62. The Labute approximate surface area is 115 Å². The molecular weight excluding hydrogens is 274 g/mol. The topological polar surface area (TPSA) is 55.4 Å². The highest BCUT2D eigenvalue weighted by Gasteiger charge is 2.27. The van der Waals surface area contributed by atoms with E-state index in [1.807, 2.05) is 13.8 Å². The van der Waals surface area contributed by atoms with Gasteiger partial charge in [0.15, 0.2) is 0 Å². The van der Waals surface area contributed by atoms with Crippen molar-refractivity contribution in [3.63, 3.8) is 0 Å². The summed E-state index contributed by atoms with van der Waals surface area (Å²) in [5, 5.41) is 0. The Hall–Kier alpha value is 0.160. The van der Waals surface area contributed by atoms with Gasteiger partial charge < -0.3 is 4.74 Å². The van der Waals surface area contributed by atoms with Gasteiger partial charge in [-0.2, -0.15) is 0 Å². The van der Waals surface area contributed by atoms with Crippen molar-refractivity contribution in [1.82, 2.24) is 4.72 Å². The van der Waals surface area contributed by atoms with E-state index < -0.39 is 10.0 Å². The largest absolute Gasteiger partial charge is 0.378 e. The molecule has 108 valence electrons. The first-order valence-corrected chi connectivity index (χ1v) is 8.81. The van der Waals surface area contributed by atoms with Crippen molar-refractivity contribution in [2.75, 3.05) is 18.2 Å². The smallest absolute Gasteiger partial charge is 0.214 e. The van der Waals surface area contributed by atoms with Gasteiger partial charge in [0.1, 0.15) is 0 Å². The fraction of sp³-hybridized carbons (Fsp3) is 1.00. The summed E-state index contributed by atoms with van der Waals surface area (Å²) in [5.74, 6) is 0.813. The first-order chi connectivity index (χ1) is 8.44. The molecule has 0 spiro atoms. The fourth-order valence-electron chi connectivity index (χ4n) is 2.23. The Morgan fingerprint density at radius 1 is 1.33 bits per heavy atom. The van der Waals surface area contributed by atoms with Crippen LogP contribution < -0.4 is 4.72 Å². The van der Waals surface area contributed by atoms with Gasteiger partial charge in [0.25, 0.3) is 0 Å². The van der Waals surface area contributed by atoms with Gasteiger partial charge in [-0.3, -0.25) is 0 Å². The normalized spacial score (nSPS) is 25.6. The number of rotatable bonds is 7. The lowest BCUT2D eigenvalue weighted by atomic mass is 9.86. The molecule has 0 amide bonds. The number of nitrogens with one attached hydrogen (secondary N) is 1. The molecule has 0 heterocycles. The molecule has 0 aromatic carbocycles. The van der Waals surface area contributed by atoms with E-state index >= 15 is 0 Å².